The number of ether oxygens (including phenoxy) is 2. The summed E-state index contributed by atoms with van der Waals surface area (Å²) in [7, 11) is 0. The molecule has 0 saturated carbocycles. The Morgan fingerprint density at radius 1 is 0.964 bits per heavy atom. The molecule has 0 fully saturated rings. The lowest BCUT2D eigenvalue weighted by molar-refractivity contribution is -0.145. The van der Waals surface area contributed by atoms with E-state index in [4.69, 9.17) is 15.2 Å². The van der Waals surface area contributed by atoms with Gasteiger partial charge in [-0.3, -0.25) is 9.59 Å². The second-order valence-electron chi connectivity index (χ2n) is 6.05. The Labute approximate surface area is 165 Å². The summed E-state index contributed by atoms with van der Waals surface area (Å²) in [4.78, 5) is 47.6. The molecule has 28 heavy (non-hydrogen) atoms. The number of hydrogen-bond acceptors (Lipinski definition) is 7. The van der Waals surface area contributed by atoms with Crippen LogP contribution in [0.1, 0.15) is 39.0 Å². The van der Waals surface area contributed by atoms with Crippen molar-refractivity contribution >= 4 is 23.8 Å². The van der Waals surface area contributed by atoms with Crippen LogP contribution < -0.4 is 16.4 Å². The number of esters is 2. The van der Waals surface area contributed by atoms with Crippen LogP contribution in [-0.2, 0) is 23.9 Å². The Morgan fingerprint density at radius 2 is 1.57 bits per heavy atom. The van der Waals surface area contributed by atoms with E-state index in [1.807, 2.05) is 0 Å². The molecule has 0 aliphatic rings. The molecule has 9 heteroatoms. The molecule has 158 valence electrons. The SMILES string of the molecule is C=CCOC(=O)CCC(NC(=O)NC(CCCCN)C(=O)OCC=C)C(C)=O. The minimum absolute atomic E-state index is 0.0262. The van der Waals surface area contributed by atoms with Crippen molar-refractivity contribution < 1.29 is 28.7 Å². The minimum Gasteiger partial charge on any atom is -0.461 e. The van der Waals surface area contributed by atoms with E-state index in [9.17, 15) is 19.2 Å². The van der Waals surface area contributed by atoms with Gasteiger partial charge in [-0.2, -0.15) is 0 Å². The highest BCUT2D eigenvalue weighted by Crippen LogP contribution is 2.05. The Morgan fingerprint density at radius 3 is 2.14 bits per heavy atom. The van der Waals surface area contributed by atoms with Gasteiger partial charge in [-0.25, -0.2) is 9.59 Å². The first-order valence-corrected chi connectivity index (χ1v) is 9.17. The summed E-state index contributed by atoms with van der Waals surface area (Å²) in [5, 5.41) is 4.99. The van der Waals surface area contributed by atoms with Crippen molar-refractivity contribution in [1.29, 1.82) is 0 Å². The van der Waals surface area contributed by atoms with Crippen molar-refractivity contribution in [2.24, 2.45) is 5.73 Å². The molecule has 4 N–H and O–H groups in total. The number of nitrogens with two attached hydrogens (primary N) is 1. The average Bonchev–Trinajstić information content (AvgIpc) is 2.66. The highest BCUT2D eigenvalue weighted by molar-refractivity contribution is 5.89. The zero-order valence-corrected chi connectivity index (χ0v) is 16.4. The largest absolute Gasteiger partial charge is 0.461 e. The van der Waals surface area contributed by atoms with Crippen molar-refractivity contribution in [1.82, 2.24) is 10.6 Å². The van der Waals surface area contributed by atoms with Crippen LogP contribution in [0.4, 0.5) is 4.79 Å². The van der Waals surface area contributed by atoms with Gasteiger partial charge in [0.05, 0.1) is 6.04 Å². The maximum atomic E-state index is 12.2. The van der Waals surface area contributed by atoms with Crippen LogP contribution in [-0.4, -0.2) is 55.6 Å². The first-order chi connectivity index (χ1) is 13.3. The number of ketones is 1. The molecule has 0 aromatic heterocycles. The van der Waals surface area contributed by atoms with Crippen molar-refractivity contribution in [2.45, 2.75) is 51.1 Å². The molecule has 9 nitrogen and oxygen atoms in total. The van der Waals surface area contributed by atoms with Crippen molar-refractivity contribution in [2.75, 3.05) is 19.8 Å². The fraction of sp³-hybridized carbons (Fsp3) is 0.579. The van der Waals surface area contributed by atoms with E-state index in [1.165, 1.54) is 19.1 Å². The lowest BCUT2D eigenvalue weighted by Crippen LogP contribution is -2.51. The summed E-state index contributed by atoms with van der Waals surface area (Å²) in [6.45, 7) is 8.78. The quantitative estimate of drug-likeness (QED) is 0.213. The van der Waals surface area contributed by atoms with Crippen LogP contribution in [0.25, 0.3) is 0 Å². The van der Waals surface area contributed by atoms with E-state index in [0.29, 0.717) is 25.8 Å². The fourth-order valence-electron chi connectivity index (χ4n) is 2.20. The van der Waals surface area contributed by atoms with Gasteiger partial charge >= 0.3 is 18.0 Å². The molecule has 2 atom stereocenters. The summed E-state index contributed by atoms with van der Waals surface area (Å²) in [5.74, 6) is -1.42. The predicted molar refractivity (Wildman–Crippen MR) is 104 cm³/mol. The number of urea groups is 1. The lowest BCUT2D eigenvalue weighted by Gasteiger charge is -2.20. The van der Waals surface area contributed by atoms with Crippen molar-refractivity contribution in [3.05, 3.63) is 25.3 Å². The third-order valence-corrected chi connectivity index (χ3v) is 3.68. The first kappa shape index (κ1) is 25.3. The van der Waals surface area contributed by atoms with Crippen molar-refractivity contribution in [3.8, 4) is 0 Å². The summed E-state index contributed by atoms with van der Waals surface area (Å²) in [5.41, 5.74) is 5.45. The number of nitrogens with one attached hydrogen (secondary N) is 2. The minimum atomic E-state index is -0.884. The van der Waals surface area contributed by atoms with Gasteiger partial charge in [-0.05, 0) is 39.2 Å². The standard InChI is InChI=1S/C19H31N3O6/c1-4-12-27-17(24)10-9-15(14(3)23)21-19(26)22-16(8-6-7-11-20)18(25)28-13-5-2/h4-5,15-16H,1-2,6-13,20H2,3H3,(H2,21,22,26). The topological polar surface area (TPSA) is 137 Å². The maximum Gasteiger partial charge on any atom is 0.329 e. The molecule has 0 bridgehead atoms. The number of rotatable bonds is 15. The molecule has 0 heterocycles. The molecule has 0 saturated heterocycles. The second kappa shape index (κ2) is 15.4. The van der Waals surface area contributed by atoms with Gasteiger partial charge < -0.3 is 25.8 Å². The Bertz CT molecular complexity index is 550. The zero-order valence-electron chi connectivity index (χ0n) is 16.4. The van der Waals surface area contributed by atoms with Gasteiger partial charge in [-0.15, -0.1) is 0 Å². The van der Waals surface area contributed by atoms with E-state index >= 15 is 0 Å². The van der Waals surface area contributed by atoms with Crippen LogP contribution in [0.3, 0.4) is 0 Å². The summed E-state index contributed by atoms with van der Waals surface area (Å²) in [6, 6.07) is -2.46. The monoisotopic (exact) mass is 397 g/mol. The third-order valence-electron chi connectivity index (χ3n) is 3.68. The van der Waals surface area contributed by atoms with Gasteiger partial charge in [0, 0.05) is 6.42 Å². The van der Waals surface area contributed by atoms with Gasteiger partial charge in [0.2, 0.25) is 0 Å². The molecule has 0 aliphatic carbocycles. The first-order valence-electron chi connectivity index (χ1n) is 9.17. The highest BCUT2D eigenvalue weighted by atomic mass is 16.5. The molecule has 0 aromatic carbocycles. The number of carbonyl (C=O) groups is 4. The predicted octanol–water partition coefficient (Wildman–Crippen LogP) is 0.979. The summed E-state index contributed by atoms with van der Waals surface area (Å²) >= 11 is 0. The molecule has 0 aromatic rings. The summed E-state index contributed by atoms with van der Waals surface area (Å²) in [6.07, 6.45) is 4.55. The molecule has 0 spiro atoms. The smallest absolute Gasteiger partial charge is 0.329 e. The molecular formula is C19H31N3O6. The number of carbonyl (C=O) groups excluding carboxylic acids is 4. The van der Waals surface area contributed by atoms with E-state index in [0.717, 1.165) is 0 Å². The maximum absolute atomic E-state index is 12.2. The molecule has 0 rings (SSSR count). The van der Waals surface area contributed by atoms with Gasteiger partial charge in [-0.1, -0.05) is 25.3 Å². The molecule has 0 aliphatic heterocycles. The molecular weight excluding hydrogens is 366 g/mol. The lowest BCUT2D eigenvalue weighted by atomic mass is 10.1. The van der Waals surface area contributed by atoms with Gasteiger partial charge in [0.1, 0.15) is 19.3 Å². The van der Waals surface area contributed by atoms with Crippen LogP contribution in [0.15, 0.2) is 25.3 Å². The Kier molecular flexibility index (Phi) is 13.9. The molecule has 2 unspecified atom stereocenters. The van der Waals surface area contributed by atoms with E-state index < -0.39 is 30.1 Å². The van der Waals surface area contributed by atoms with Crippen LogP contribution in [0.5, 0.6) is 0 Å². The molecule has 2 amide bonds. The third kappa shape index (κ3) is 11.8. The Hall–Kier alpha value is -2.68. The number of unbranched alkanes of at least 4 members (excludes halogenated alkanes) is 1. The van der Waals surface area contributed by atoms with Crippen LogP contribution in [0.2, 0.25) is 0 Å². The van der Waals surface area contributed by atoms with Crippen LogP contribution >= 0.6 is 0 Å². The van der Waals surface area contributed by atoms with E-state index in [2.05, 4.69) is 23.8 Å². The summed E-state index contributed by atoms with van der Waals surface area (Å²) < 4.78 is 9.83. The second-order valence-corrected chi connectivity index (χ2v) is 6.05. The normalized spacial score (nSPS) is 12.2. The zero-order chi connectivity index (χ0) is 21.4. The van der Waals surface area contributed by atoms with E-state index in [-0.39, 0.29) is 31.8 Å². The Balaban J connectivity index is 4.74. The van der Waals surface area contributed by atoms with Crippen molar-refractivity contribution in [3.63, 3.8) is 0 Å². The average molecular weight is 397 g/mol. The number of amides is 2. The number of hydrogen-bond donors (Lipinski definition) is 3. The molecule has 0 radical (unpaired) electrons. The van der Waals surface area contributed by atoms with E-state index in [1.54, 1.807) is 0 Å². The highest BCUT2D eigenvalue weighted by Gasteiger charge is 2.24. The van der Waals surface area contributed by atoms with Gasteiger partial charge in [0.15, 0.2) is 5.78 Å². The fourth-order valence-corrected chi connectivity index (χ4v) is 2.20. The number of Topliss-reactive ketones (excluding diaryl/α,β-unsaturated/α-hetero) is 1. The van der Waals surface area contributed by atoms with Gasteiger partial charge in [0.25, 0.3) is 0 Å². The van der Waals surface area contributed by atoms with Crippen LogP contribution in [0, 0.1) is 0 Å².